The van der Waals surface area contributed by atoms with Gasteiger partial charge < -0.3 is 15.7 Å². The van der Waals surface area contributed by atoms with Crippen LogP contribution in [0.1, 0.15) is 46.0 Å². The average molecular weight is 378 g/mol. The Labute approximate surface area is 158 Å². The van der Waals surface area contributed by atoms with Crippen molar-refractivity contribution in [1.29, 1.82) is 0 Å². The van der Waals surface area contributed by atoms with Gasteiger partial charge in [-0.1, -0.05) is 19.3 Å². The summed E-state index contributed by atoms with van der Waals surface area (Å²) >= 11 is 1.40. The minimum atomic E-state index is -0.821. The molecule has 1 aliphatic carbocycles. The van der Waals surface area contributed by atoms with E-state index in [1.54, 1.807) is 19.1 Å². The number of carboxylic acid groups (broad SMARTS) is 1. The highest BCUT2D eigenvalue weighted by atomic mass is 32.2. The Morgan fingerprint density at radius 2 is 1.77 bits per heavy atom. The van der Waals surface area contributed by atoms with E-state index in [0.717, 1.165) is 24.2 Å². The monoisotopic (exact) mass is 378 g/mol. The molecule has 0 aromatic heterocycles. The Hall–Kier alpha value is -2.02. The quantitative estimate of drug-likeness (QED) is 0.633. The van der Waals surface area contributed by atoms with Crippen LogP contribution < -0.4 is 10.6 Å². The number of rotatable bonds is 7. The number of nitrogens with one attached hydrogen (secondary N) is 2. The third-order valence-corrected chi connectivity index (χ3v) is 5.83. The molecule has 1 unspecified atom stereocenters. The largest absolute Gasteiger partial charge is 0.481 e. The zero-order valence-electron chi connectivity index (χ0n) is 15.2. The third kappa shape index (κ3) is 5.49. The van der Waals surface area contributed by atoms with Gasteiger partial charge in [0, 0.05) is 24.1 Å². The highest BCUT2D eigenvalue weighted by Crippen LogP contribution is 2.36. The fourth-order valence-corrected chi connectivity index (χ4v) is 4.06. The second-order valence-corrected chi connectivity index (χ2v) is 8.24. The number of hydrogen-bond donors (Lipinski definition) is 3. The Kier molecular flexibility index (Phi) is 7.08. The average Bonchev–Trinajstić information content (AvgIpc) is 2.61. The minimum Gasteiger partial charge on any atom is -0.481 e. The number of carbonyl (C=O) groups excluding carboxylic acids is 2. The first-order valence-corrected chi connectivity index (χ1v) is 9.76. The maximum absolute atomic E-state index is 12.4. The zero-order valence-corrected chi connectivity index (χ0v) is 16.0. The predicted molar refractivity (Wildman–Crippen MR) is 102 cm³/mol. The molecular weight excluding hydrogens is 352 g/mol. The van der Waals surface area contributed by atoms with Crippen molar-refractivity contribution in [2.45, 2.75) is 56.1 Å². The van der Waals surface area contributed by atoms with Crippen molar-refractivity contribution in [3.8, 4) is 0 Å². The van der Waals surface area contributed by atoms with Gasteiger partial charge >= 0.3 is 5.97 Å². The van der Waals surface area contributed by atoms with Crippen LogP contribution in [0.3, 0.4) is 0 Å². The van der Waals surface area contributed by atoms with E-state index >= 15 is 0 Å². The summed E-state index contributed by atoms with van der Waals surface area (Å²) in [5.74, 6) is -1.10. The van der Waals surface area contributed by atoms with Gasteiger partial charge in [0.1, 0.15) is 0 Å². The molecule has 1 atom stereocenters. The number of thioether (sulfide) groups is 1. The van der Waals surface area contributed by atoms with Crippen LogP contribution in [0.15, 0.2) is 29.2 Å². The third-order valence-electron chi connectivity index (χ3n) is 4.72. The van der Waals surface area contributed by atoms with Crippen LogP contribution in [0.25, 0.3) is 0 Å². The zero-order chi connectivity index (χ0) is 19.2. The molecule has 2 amide bonds. The number of hydrogen-bond acceptors (Lipinski definition) is 4. The Bertz CT molecular complexity index is 654. The molecule has 1 aromatic rings. The molecule has 0 heterocycles. The molecule has 1 aliphatic rings. The van der Waals surface area contributed by atoms with Gasteiger partial charge in [-0.3, -0.25) is 14.4 Å². The standard InChI is InChI=1S/C19H26N2O4S/c1-13(26-16-8-6-15(7-9-16)21-14(2)22)17(23)20-12-19(18(24)25)10-4-3-5-11-19/h6-9,13H,3-5,10-12H2,1-2H3,(H,20,23)(H,21,22)(H,24,25). The van der Waals surface area contributed by atoms with E-state index < -0.39 is 11.4 Å². The second kappa shape index (κ2) is 9.07. The van der Waals surface area contributed by atoms with Gasteiger partial charge in [-0.05, 0) is 44.0 Å². The van der Waals surface area contributed by atoms with Gasteiger partial charge in [-0.2, -0.15) is 0 Å². The summed E-state index contributed by atoms with van der Waals surface area (Å²) in [6.07, 6.45) is 4.09. The van der Waals surface area contributed by atoms with Gasteiger partial charge in [0.05, 0.1) is 10.7 Å². The fraction of sp³-hybridized carbons (Fsp3) is 0.526. The Balaban J connectivity index is 1.88. The van der Waals surface area contributed by atoms with Gasteiger partial charge in [0.25, 0.3) is 0 Å². The molecule has 0 saturated heterocycles. The first-order valence-electron chi connectivity index (χ1n) is 8.88. The number of amides is 2. The van der Waals surface area contributed by atoms with E-state index in [4.69, 9.17) is 0 Å². The van der Waals surface area contributed by atoms with Crippen LogP contribution in [0.5, 0.6) is 0 Å². The maximum Gasteiger partial charge on any atom is 0.311 e. The number of carboxylic acids is 1. The van der Waals surface area contributed by atoms with Gasteiger partial charge in [-0.25, -0.2) is 0 Å². The molecule has 1 saturated carbocycles. The molecule has 0 spiro atoms. The molecule has 0 radical (unpaired) electrons. The van der Waals surface area contributed by atoms with Crippen molar-refractivity contribution < 1.29 is 19.5 Å². The fourth-order valence-electron chi connectivity index (χ4n) is 3.17. The molecular formula is C19H26N2O4S. The number of benzene rings is 1. The molecule has 1 aromatic carbocycles. The summed E-state index contributed by atoms with van der Waals surface area (Å²) in [6, 6.07) is 7.27. The lowest BCUT2D eigenvalue weighted by Gasteiger charge is -2.33. The van der Waals surface area contributed by atoms with E-state index in [2.05, 4.69) is 10.6 Å². The van der Waals surface area contributed by atoms with Crippen molar-refractivity contribution >= 4 is 35.2 Å². The Morgan fingerprint density at radius 1 is 1.15 bits per heavy atom. The van der Waals surface area contributed by atoms with Crippen molar-refractivity contribution in [2.75, 3.05) is 11.9 Å². The van der Waals surface area contributed by atoms with Crippen LogP contribution in [0, 0.1) is 5.41 Å². The molecule has 2 rings (SSSR count). The summed E-state index contributed by atoms with van der Waals surface area (Å²) in [7, 11) is 0. The van der Waals surface area contributed by atoms with Crippen LogP contribution in [-0.4, -0.2) is 34.7 Å². The van der Waals surface area contributed by atoms with E-state index in [1.165, 1.54) is 18.7 Å². The molecule has 26 heavy (non-hydrogen) atoms. The van der Waals surface area contributed by atoms with Crippen molar-refractivity contribution in [1.82, 2.24) is 5.32 Å². The van der Waals surface area contributed by atoms with Crippen molar-refractivity contribution in [3.63, 3.8) is 0 Å². The summed E-state index contributed by atoms with van der Waals surface area (Å²) in [4.78, 5) is 36.0. The molecule has 3 N–H and O–H groups in total. The number of aliphatic carboxylic acids is 1. The number of carbonyl (C=O) groups is 3. The topological polar surface area (TPSA) is 95.5 Å². The molecule has 1 fully saturated rings. The van der Waals surface area contributed by atoms with E-state index in [0.29, 0.717) is 18.5 Å². The molecule has 0 aliphatic heterocycles. The smallest absolute Gasteiger partial charge is 0.311 e. The molecule has 0 bridgehead atoms. The van der Waals surface area contributed by atoms with Crippen LogP contribution in [-0.2, 0) is 14.4 Å². The van der Waals surface area contributed by atoms with Gasteiger partial charge in [0.2, 0.25) is 11.8 Å². The van der Waals surface area contributed by atoms with Crippen molar-refractivity contribution in [3.05, 3.63) is 24.3 Å². The van der Waals surface area contributed by atoms with E-state index in [-0.39, 0.29) is 23.6 Å². The highest BCUT2D eigenvalue weighted by Gasteiger charge is 2.40. The van der Waals surface area contributed by atoms with Crippen LogP contribution in [0.4, 0.5) is 5.69 Å². The highest BCUT2D eigenvalue weighted by molar-refractivity contribution is 8.00. The van der Waals surface area contributed by atoms with E-state index in [9.17, 15) is 19.5 Å². The van der Waals surface area contributed by atoms with Crippen LogP contribution >= 0.6 is 11.8 Å². The summed E-state index contributed by atoms with van der Waals surface area (Å²) in [6.45, 7) is 3.44. The second-order valence-electron chi connectivity index (χ2n) is 6.83. The predicted octanol–water partition coefficient (Wildman–Crippen LogP) is 3.28. The Morgan fingerprint density at radius 3 is 2.31 bits per heavy atom. The molecule has 7 heteroatoms. The lowest BCUT2D eigenvalue weighted by Crippen LogP contribution is -2.46. The van der Waals surface area contributed by atoms with Gasteiger partial charge in [-0.15, -0.1) is 11.8 Å². The number of anilines is 1. The first kappa shape index (κ1) is 20.3. The summed E-state index contributed by atoms with van der Waals surface area (Å²) in [5, 5.41) is 14.8. The first-order chi connectivity index (χ1) is 12.3. The lowest BCUT2D eigenvalue weighted by molar-refractivity contribution is -0.151. The lowest BCUT2D eigenvalue weighted by atomic mass is 9.74. The summed E-state index contributed by atoms with van der Waals surface area (Å²) in [5.41, 5.74) is -0.113. The summed E-state index contributed by atoms with van der Waals surface area (Å²) < 4.78 is 0. The van der Waals surface area contributed by atoms with E-state index in [1.807, 2.05) is 12.1 Å². The minimum absolute atomic E-state index is 0.131. The SMILES string of the molecule is CC(=O)Nc1ccc(SC(C)C(=O)NCC2(C(=O)O)CCCCC2)cc1. The normalized spacial score (nSPS) is 17.2. The molecule has 142 valence electrons. The van der Waals surface area contributed by atoms with Crippen molar-refractivity contribution in [2.24, 2.45) is 5.41 Å². The molecule has 6 nitrogen and oxygen atoms in total. The van der Waals surface area contributed by atoms with Crippen LogP contribution in [0.2, 0.25) is 0 Å². The maximum atomic E-state index is 12.4. The van der Waals surface area contributed by atoms with Gasteiger partial charge in [0.15, 0.2) is 0 Å².